The average molecular weight is 431 g/mol. The summed E-state index contributed by atoms with van der Waals surface area (Å²) < 4.78 is 10.8. The molecule has 0 fully saturated rings. The highest BCUT2D eigenvalue weighted by molar-refractivity contribution is 6.31. The first kappa shape index (κ1) is 21.6. The van der Waals surface area contributed by atoms with Gasteiger partial charge >= 0.3 is 5.97 Å². The summed E-state index contributed by atoms with van der Waals surface area (Å²) in [5.41, 5.74) is 3.11. The maximum atomic E-state index is 11.9. The summed E-state index contributed by atoms with van der Waals surface area (Å²) in [6.07, 6.45) is 0.620. The van der Waals surface area contributed by atoms with E-state index in [1.165, 1.54) is 14.0 Å². The number of methoxy groups -OCH3 is 1. The fourth-order valence-electron chi connectivity index (χ4n) is 3.29. The van der Waals surface area contributed by atoms with Gasteiger partial charge < -0.3 is 20.1 Å². The van der Waals surface area contributed by atoms with Crippen LogP contribution in [0.3, 0.4) is 0 Å². The third kappa shape index (κ3) is 5.30. The number of fused-ring (bicyclic) bond motifs is 1. The maximum Gasteiger partial charge on any atom is 0.337 e. The highest BCUT2D eigenvalue weighted by Crippen LogP contribution is 2.41. The van der Waals surface area contributed by atoms with Gasteiger partial charge in [0.25, 0.3) is 0 Å². The first-order valence-corrected chi connectivity index (χ1v) is 9.94. The average Bonchev–Trinajstić information content (AvgIpc) is 3.13. The molecule has 1 aliphatic heterocycles. The van der Waals surface area contributed by atoms with E-state index >= 15 is 0 Å². The quantitative estimate of drug-likeness (QED) is 0.659. The van der Waals surface area contributed by atoms with Crippen molar-refractivity contribution in [3.63, 3.8) is 0 Å². The van der Waals surface area contributed by atoms with E-state index in [1.807, 2.05) is 24.3 Å². The largest absolute Gasteiger partial charge is 0.487 e. The van der Waals surface area contributed by atoms with Crippen LogP contribution in [-0.2, 0) is 20.7 Å². The Bertz CT molecular complexity index is 959. The van der Waals surface area contributed by atoms with Gasteiger partial charge in [-0.3, -0.25) is 9.59 Å². The number of hydrogen-bond donors (Lipinski definition) is 2. The van der Waals surface area contributed by atoms with Crippen LogP contribution in [0.25, 0.3) is 11.1 Å². The number of hydrogen-bond acceptors (Lipinski definition) is 5. The monoisotopic (exact) mass is 430 g/mol. The first-order chi connectivity index (χ1) is 14.4. The molecule has 158 valence electrons. The molecule has 0 aliphatic carbocycles. The van der Waals surface area contributed by atoms with Crippen LogP contribution in [0, 0.1) is 0 Å². The number of benzene rings is 2. The second kappa shape index (κ2) is 9.63. The molecule has 2 N–H and O–H groups in total. The van der Waals surface area contributed by atoms with Crippen molar-refractivity contribution in [2.75, 3.05) is 20.2 Å². The molecule has 0 spiro atoms. The van der Waals surface area contributed by atoms with Crippen molar-refractivity contribution >= 4 is 29.4 Å². The lowest BCUT2D eigenvalue weighted by Crippen LogP contribution is -2.36. The molecule has 1 atom stereocenters. The summed E-state index contributed by atoms with van der Waals surface area (Å²) in [4.78, 5) is 34.4. The van der Waals surface area contributed by atoms with Gasteiger partial charge in [-0.25, -0.2) is 4.79 Å². The van der Waals surface area contributed by atoms with Crippen molar-refractivity contribution in [2.45, 2.75) is 25.9 Å². The smallest absolute Gasteiger partial charge is 0.337 e. The minimum atomic E-state index is -0.400. The van der Waals surface area contributed by atoms with Crippen LogP contribution in [0.5, 0.6) is 5.75 Å². The molecule has 0 radical (unpaired) electrons. The zero-order chi connectivity index (χ0) is 21.7. The Hall–Kier alpha value is -3.06. The van der Waals surface area contributed by atoms with Crippen molar-refractivity contribution in [2.24, 2.45) is 0 Å². The van der Waals surface area contributed by atoms with Gasteiger partial charge in [0, 0.05) is 42.5 Å². The lowest BCUT2D eigenvalue weighted by molar-refractivity contribution is -0.121. The van der Waals surface area contributed by atoms with Crippen molar-refractivity contribution < 1.29 is 23.9 Å². The van der Waals surface area contributed by atoms with E-state index in [2.05, 4.69) is 10.6 Å². The molecule has 1 aliphatic rings. The highest BCUT2D eigenvalue weighted by Gasteiger charge is 2.27. The molecule has 2 amide bonds. The van der Waals surface area contributed by atoms with Gasteiger partial charge in [0.1, 0.15) is 11.9 Å². The fraction of sp³-hybridized carbons (Fsp3) is 0.318. The Morgan fingerprint density at radius 1 is 1.17 bits per heavy atom. The van der Waals surface area contributed by atoms with Crippen LogP contribution in [0.15, 0.2) is 36.4 Å². The second-order valence-corrected chi connectivity index (χ2v) is 7.43. The number of carbonyl (C=O) groups is 3. The van der Waals surface area contributed by atoms with Crippen LogP contribution in [0.4, 0.5) is 0 Å². The topological polar surface area (TPSA) is 93.7 Å². The van der Waals surface area contributed by atoms with Gasteiger partial charge in [0.15, 0.2) is 0 Å². The molecule has 30 heavy (non-hydrogen) atoms. The van der Waals surface area contributed by atoms with Crippen molar-refractivity contribution in [3.8, 4) is 16.9 Å². The Morgan fingerprint density at radius 3 is 2.57 bits per heavy atom. The number of carbonyl (C=O) groups excluding carboxylic acids is 3. The van der Waals surface area contributed by atoms with E-state index in [9.17, 15) is 14.4 Å². The molecular weight excluding hydrogens is 408 g/mol. The molecule has 0 saturated carbocycles. The predicted octanol–water partition coefficient (Wildman–Crippen LogP) is 2.74. The van der Waals surface area contributed by atoms with E-state index in [4.69, 9.17) is 21.1 Å². The van der Waals surface area contributed by atoms with E-state index in [-0.39, 0.29) is 24.3 Å². The van der Waals surface area contributed by atoms with Crippen LogP contribution >= 0.6 is 11.6 Å². The van der Waals surface area contributed by atoms with Crippen molar-refractivity contribution in [1.82, 2.24) is 10.6 Å². The molecule has 8 heteroatoms. The van der Waals surface area contributed by atoms with Crippen LogP contribution in [0.2, 0.25) is 5.02 Å². The van der Waals surface area contributed by atoms with E-state index in [0.717, 1.165) is 22.4 Å². The zero-order valence-corrected chi connectivity index (χ0v) is 17.5. The van der Waals surface area contributed by atoms with E-state index in [1.54, 1.807) is 12.1 Å². The number of nitrogens with one attached hydrogen (secondary N) is 2. The molecule has 2 aromatic carbocycles. The number of amides is 2. The van der Waals surface area contributed by atoms with Gasteiger partial charge in [-0.2, -0.15) is 0 Å². The Labute approximate surface area is 179 Å². The Kier molecular flexibility index (Phi) is 6.95. The van der Waals surface area contributed by atoms with Gasteiger partial charge in [0.05, 0.1) is 19.2 Å². The summed E-state index contributed by atoms with van der Waals surface area (Å²) in [7, 11) is 1.34. The number of ether oxygens (including phenoxy) is 2. The third-order valence-electron chi connectivity index (χ3n) is 4.73. The molecule has 1 heterocycles. The number of halogens is 1. The van der Waals surface area contributed by atoms with Gasteiger partial charge in [-0.15, -0.1) is 0 Å². The summed E-state index contributed by atoms with van der Waals surface area (Å²) in [6.45, 7) is 2.06. The fourth-order valence-corrected chi connectivity index (χ4v) is 3.54. The molecule has 7 nitrogen and oxygen atoms in total. The van der Waals surface area contributed by atoms with Crippen molar-refractivity contribution in [1.29, 1.82) is 0 Å². The number of esters is 1. The Morgan fingerprint density at radius 2 is 1.90 bits per heavy atom. The first-order valence-electron chi connectivity index (χ1n) is 9.56. The molecule has 0 bridgehead atoms. The number of rotatable bonds is 7. The SMILES string of the molecule is COC(=O)c1ccc(-c2cc(Cl)cc3c2OC(CNC(=O)CCNC(C)=O)C3)cc1. The standard InChI is InChI=1S/C22H23ClN2O5/c1-13(26)24-8-7-20(27)25-12-18-10-16-9-17(23)11-19(21(16)30-18)14-3-5-15(6-4-14)22(28)29-2/h3-6,9,11,18H,7-8,10,12H2,1-2H3,(H,24,26)(H,25,27). The van der Waals surface area contributed by atoms with E-state index in [0.29, 0.717) is 30.1 Å². The molecule has 0 aromatic heterocycles. The summed E-state index contributed by atoms with van der Waals surface area (Å²) in [5.74, 6) is 0.00695. The predicted molar refractivity (Wildman–Crippen MR) is 113 cm³/mol. The summed E-state index contributed by atoms with van der Waals surface area (Å²) >= 11 is 6.31. The molecule has 3 rings (SSSR count). The molecule has 1 unspecified atom stereocenters. The molecular formula is C22H23ClN2O5. The lowest BCUT2D eigenvalue weighted by Gasteiger charge is -2.14. The van der Waals surface area contributed by atoms with E-state index < -0.39 is 5.97 Å². The van der Waals surface area contributed by atoms with Crippen LogP contribution in [0.1, 0.15) is 29.3 Å². The zero-order valence-electron chi connectivity index (χ0n) is 16.8. The lowest BCUT2D eigenvalue weighted by atomic mass is 9.99. The van der Waals surface area contributed by atoms with Gasteiger partial charge in [-0.1, -0.05) is 23.7 Å². The summed E-state index contributed by atoms with van der Waals surface area (Å²) in [5, 5.41) is 6.01. The second-order valence-electron chi connectivity index (χ2n) is 6.99. The molecule has 2 aromatic rings. The Balaban J connectivity index is 1.67. The third-order valence-corrected chi connectivity index (χ3v) is 4.95. The van der Waals surface area contributed by atoms with Crippen LogP contribution < -0.4 is 15.4 Å². The minimum absolute atomic E-state index is 0.153. The van der Waals surface area contributed by atoms with Crippen LogP contribution in [-0.4, -0.2) is 44.1 Å². The maximum absolute atomic E-state index is 11.9. The van der Waals surface area contributed by atoms with Gasteiger partial charge in [-0.05, 0) is 29.8 Å². The van der Waals surface area contributed by atoms with Gasteiger partial charge in [0.2, 0.25) is 11.8 Å². The molecule has 0 saturated heterocycles. The normalized spacial score (nSPS) is 14.4. The minimum Gasteiger partial charge on any atom is -0.487 e. The highest BCUT2D eigenvalue weighted by atomic mass is 35.5. The van der Waals surface area contributed by atoms with Crippen molar-refractivity contribution in [3.05, 3.63) is 52.5 Å². The summed E-state index contributed by atoms with van der Waals surface area (Å²) in [6, 6.07) is 10.7.